The third-order valence-corrected chi connectivity index (χ3v) is 3.76. The number of aliphatic carboxylic acids is 1. The molecular formula is C15H17NO3S. The number of hydrogen-bond donors (Lipinski definition) is 2. The summed E-state index contributed by atoms with van der Waals surface area (Å²) in [5.41, 5.74) is 2.02. The number of carboxylic acid groups (broad SMARTS) is 1. The van der Waals surface area contributed by atoms with Crippen LogP contribution in [0, 0.1) is 0 Å². The summed E-state index contributed by atoms with van der Waals surface area (Å²) in [6.07, 6.45) is 0.0614. The van der Waals surface area contributed by atoms with Gasteiger partial charge in [-0.3, -0.25) is 4.79 Å². The van der Waals surface area contributed by atoms with Gasteiger partial charge in [-0.1, -0.05) is 18.2 Å². The van der Waals surface area contributed by atoms with Crippen molar-refractivity contribution in [1.29, 1.82) is 0 Å². The molecule has 0 saturated carbocycles. The molecule has 0 saturated heterocycles. The molecule has 0 radical (unpaired) electrons. The van der Waals surface area contributed by atoms with Crippen LogP contribution < -0.4 is 10.1 Å². The van der Waals surface area contributed by atoms with Crippen LogP contribution in [0.1, 0.15) is 23.6 Å². The number of carbonyl (C=O) groups is 1. The predicted octanol–water partition coefficient (Wildman–Crippen LogP) is 3.06. The summed E-state index contributed by atoms with van der Waals surface area (Å²) in [6, 6.07) is 9.48. The van der Waals surface area contributed by atoms with E-state index in [2.05, 4.69) is 5.32 Å². The van der Waals surface area contributed by atoms with E-state index in [1.807, 2.05) is 41.1 Å². The predicted molar refractivity (Wildman–Crippen MR) is 79.1 cm³/mol. The zero-order valence-electron chi connectivity index (χ0n) is 11.2. The highest BCUT2D eigenvalue weighted by Gasteiger charge is 2.16. The molecule has 1 atom stereocenters. The Hall–Kier alpha value is -1.85. The molecule has 0 fully saturated rings. The average molecular weight is 291 g/mol. The summed E-state index contributed by atoms with van der Waals surface area (Å²) >= 11 is 1.57. The SMILES string of the molecule is COc1ccccc1CNC(CC(=O)O)c1ccsc1. The van der Waals surface area contributed by atoms with E-state index in [1.54, 1.807) is 18.4 Å². The summed E-state index contributed by atoms with van der Waals surface area (Å²) in [5, 5.41) is 16.2. The summed E-state index contributed by atoms with van der Waals surface area (Å²) in [4.78, 5) is 11.0. The topological polar surface area (TPSA) is 58.6 Å². The number of para-hydroxylation sites is 1. The van der Waals surface area contributed by atoms with Gasteiger partial charge in [0, 0.05) is 18.2 Å². The van der Waals surface area contributed by atoms with Crippen LogP contribution in [0.3, 0.4) is 0 Å². The standard InChI is InChI=1S/C15H17NO3S/c1-19-14-5-3-2-4-11(14)9-16-13(8-15(17)18)12-6-7-20-10-12/h2-7,10,13,16H,8-9H2,1H3,(H,17,18). The van der Waals surface area contributed by atoms with E-state index in [9.17, 15) is 4.79 Å². The average Bonchev–Trinajstić information content (AvgIpc) is 2.97. The van der Waals surface area contributed by atoms with Crippen LogP contribution in [-0.2, 0) is 11.3 Å². The summed E-state index contributed by atoms with van der Waals surface area (Å²) < 4.78 is 5.30. The Bertz CT molecular complexity index is 554. The highest BCUT2D eigenvalue weighted by molar-refractivity contribution is 7.07. The van der Waals surface area contributed by atoms with Crippen molar-refractivity contribution in [1.82, 2.24) is 5.32 Å². The fourth-order valence-electron chi connectivity index (χ4n) is 2.04. The molecule has 0 aliphatic heterocycles. The van der Waals surface area contributed by atoms with Gasteiger partial charge in [-0.2, -0.15) is 11.3 Å². The third-order valence-electron chi connectivity index (χ3n) is 3.06. The maximum absolute atomic E-state index is 11.0. The van der Waals surface area contributed by atoms with Gasteiger partial charge in [0.1, 0.15) is 5.75 Å². The van der Waals surface area contributed by atoms with E-state index in [4.69, 9.17) is 9.84 Å². The van der Waals surface area contributed by atoms with Gasteiger partial charge in [0.05, 0.1) is 13.5 Å². The normalized spacial score (nSPS) is 12.1. The number of benzene rings is 1. The molecule has 106 valence electrons. The van der Waals surface area contributed by atoms with Crippen molar-refractivity contribution in [2.45, 2.75) is 19.0 Å². The van der Waals surface area contributed by atoms with Crippen LogP contribution in [-0.4, -0.2) is 18.2 Å². The summed E-state index contributed by atoms with van der Waals surface area (Å²) in [7, 11) is 1.63. The molecule has 0 bridgehead atoms. The van der Waals surface area contributed by atoms with E-state index in [1.165, 1.54) is 0 Å². The Morgan fingerprint density at radius 1 is 1.40 bits per heavy atom. The van der Waals surface area contributed by atoms with Crippen molar-refractivity contribution in [3.8, 4) is 5.75 Å². The number of hydrogen-bond acceptors (Lipinski definition) is 4. The molecular weight excluding hydrogens is 274 g/mol. The number of thiophene rings is 1. The Labute approximate surface area is 122 Å². The largest absolute Gasteiger partial charge is 0.496 e. The van der Waals surface area contributed by atoms with Crippen LogP contribution in [0.15, 0.2) is 41.1 Å². The molecule has 2 aromatic rings. The molecule has 0 spiro atoms. The van der Waals surface area contributed by atoms with Gasteiger partial charge in [0.25, 0.3) is 0 Å². The van der Waals surface area contributed by atoms with Crippen molar-refractivity contribution >= 4 is 17.3 Å². The van der Waals surface area contributed by atoms with E-state index in [0.717, 1.165) is 16.9 Å². The van der Waals surface area contributed by atoms with Crippen molar-refractivity contribution in [3.05, 3.63) is 52.2 Å². The molecule has 0 aliphatic rings. The Morgan fingerprint density at radius 2 is 2.20 bits per heavy atom. The molecule has 4 nitrogen and oxygen atoms in total. The second-order valence-electron chi connectivity index (χ2n) is 4.40. The molecule has 5 heteroatoms. The van der Waals surface area contributed by atoms with Crippen LogP contribution in [0.5, 0.6) is 5.75 Å². The van der Waals surface area contributed by atoms with Crippen molar-refractivity contribution in [2.75, 3.05) is 7.11 Å². The van der Waals surface area contributed by atoms with Gasteiger partial charge in [0.15, 0.2) is 0 Å². The van der Waals surface area contributed by atoms with Crippen molar-refractivity contribution < 1.29 is 14.6 Å². The van der Waals surface area contributed by atoms with Gasteiger partial charge >= 0.3 is 5.97 Å². The minimum atomic E-state index is -0.811. The van der Waals surface area contributed by atoms with E-state index >= 15 is 0 Å². The lowest BCUT2D eigenvalue weighted by atomic mass is 10.1. The zero-order valence-corrected chi connectivity index (χ0v) is 12.0. The zero-order chi connectivity index (χ0) is 14.4. The Balaban J connectivity index is 2.07. The summed E-state index contributed by atoms with van der Waals surface area (Å²) in [5.74, 6) is -0.00637. The number of carboxylic acids is 1. The lowest BCUT2D eigenvalue weighted by molar-refractivity contribution is -0.137. The van der Waals surface area contributed by atoms with E-state index in [-0.39, 0.29) is 12.5 Å². The third kappa shape index (κ3) is 3.82. The van der Waals surface area contributed by atoms with Gasteiger partial charge in [-0.15, -0.1) is 0 Å². The van der Waals surface area contributed by atoms with Crippen molar-refractivity contribution in [2.24, 2.45) is 0 Å². The number of ether oxygens (including phenoxy) is 1. The molecule has 2 N–H and O–H groups in total. The second kappa shape index (κ2) is 7.07. The van der Waals surface area contributed by atoms with E-state index in [0.29, 0.717) is 6.54 Å². The first-order valence-electron chi connectivity index (χ1n) is 6.30. The first-order valence-corrected chi connectivity index (χ1v) is 7.24. The van der Waals surface area contributed by atoms with E-state index < -0.39 is 5.97 Å². The molecule has 1 aromatic heterocycles. The minimum Gasteiger partial charge on any atom is -0.496 e. The second-order valence-corrected chi connectivity index (χ2v) is 5.18. The van der Waals surface area contributed by atoms with Crippen molar-refractivity contribution in [3.63, 3.8) is 0 Å². The molecule has 0 amide bonds. The minimum absolute atomic E-state index is 0.0614. The molecule has 2 rings (SSSR count). The molecule has 1 unspecified atom stereocenters. The van der Waals surface area contributed by atoms with Gasteiger partial charge in [-0.25, -0.2) is 0 Å². The smallest absolute Gasteiger partial charge is 0.305 e. The first kappa shape index (κ1) is 14.6. The molecule has 1 heterocycles. The lowest BCUT2D eigenvalue weighted by Crippen LogP contribution is -2.23. The fraction of sp³-hybridized carbons (Fsp3) is 0.267. The number of nitrogens with one attached hydrogen (secondary N) is 1. The molecule has 1 aromatic carbocycles. The number of methoxy groups -OCH3 is 1. The number of rotatable bonds is 7. The van der Waals surface area contributed by atoms with Crippen LogP contribution in [0.2, 0.25) is 0 Å². The summed E-state index contributed by atoms with van der Waals surface area (Å²) in [6.45, 7) is 0.567. The quantitative estimate of drug-likeness (QED) is 0.823. The van der Waals surface area contributed by atoms with Crippen LogP contribution in [0.4, 0.5) is 0 Å². The van der Waals surface area contributed by atoms with Gasteiger partial charge < -0.3 is 15.2 Å². The maximum Gasteiger partial charge on any atom is 0.305 e. The molecule has 0 aliphatic carbocycles. The monoisotopic (exact) mass is 291 g/mol. The Morgan fingerprint density at radius 3 is 2.85 bits per heavy atom. The highest BCUT2D eigenvalue weighted by Crippen LogP contribution is 2.22. The first-order chi connectivity index (χ1) is 9.70. The molecule has 20 heavy (non-hydrogen) atoms. The van der Waals surface area contributed by atoms with Crippen LogP contribution >= 0.6 is 11.3 Å². The lowest BCUT2D eigenvalue weighted by Gasteiger charge is -2.17. The maximum atomic E-state index is 11.0. The highest BCUT2D eigenvalue weighted by atomic mass is 32.1. The van der Waals surface area contributed by atoms with Gasteiger partial charge in [-0.05, 0) is 28.5 Å². The van der Waals surface area contributed by atoms with Gasteiger partial charge in [0.2, 0.25) is 0 Å². The fourth-order valence-corrected chi connectivity index (χ4v) is 2.75. The Kier molecular flexibility index (Phi) is 5.15. The van der Waals surface area contributed by atoms with Crippen LogP contribution in [0.25, 0.3) is 0 Å².